The summed E-state index contributed by atoms with van der Waals surface area (Å²) in [5.74, 6) is 0.0251. The SMILES string of the molecule is Oc1ccc(-c2c(Cl)c(Cl)c(Cl)c(Cl)c2Cl)nc1. The van der Waals surface area contributed by atoms with Gasteiger partial charge in [-0.1, -0.05) is 58.0 Å². The van der Waals surface area contributed by atoms with E-state index in [9.17, 15) is 5.11 Å². The van der Waals surface area contributed by atoms with Crippen molar-refractivity contribution in [3.63, 3.8) is 0 Å². The topological polar surface area (TPSA) is 33.1 Å². The summed E-state index contributed by atoms with van der Waals surface area (Å²) < 4.78 is 0. The molecule has 0 fully saturated rings. The van der Waals surface area contributed by atoms with Gasteiger partial charge in [-0.25, -0.2) is 0 Å². The fourth-order valence-corrected chi connectivity index (χ4v) is 2.70. The number of halogens is 5. The van der Waals surface area contributed by atoms with Crippen molar-refractivity contribution in [2.75, 3.05) is 0 Å². The molecule has 1 heterocycles. The van der Waals surface area contributed by atoms with Crippen LogP contribution in [-0.2, 0) is 0 Å². The van der Waals surface area contributed by atoms with Crippen molar-refractivity contribution < 1.29 is 5.11 Å². The van der Waals surface area contributed by atoms with Crippen LogP contribution in [0.15, 0.2) is 18.3 Å². The Bertz CT molecular complexity index is 583. The molecule has 1 aromatic carbocycles. The van der Waals surface area contributed by atoms with Gasteiger partial charge in [-0.15, -0.1) is 0 Å². The fourth-order valence-electron chi connectivity index (χ4n) is 1.36. The number of pyridine rings is 1. The zero-order chi connectivity index (χ0) is 13.4. The zero-order valence-corrected chi connectivity index (χ0v) is 12.3. The molecule has 0 aliphatic rings. The molecule has 1 N–H and O–H groups in total. The Morgan fingerprint density at radius 3 is 1.72 bits per heavy atom. The van der Waals surface area contributed by atoms with Crippen LogP contribution in [0, 0.1) is 0 Å². The Kier molecular flexibility index (Phi) is 4.15. The van der Waals surface area contributed by atoms with Crippen LogP contribution in [0.25, 0.3) is 11.3 Å². The minimum Gasteiger partial charge on any atom is -0.506 e. The summed E-state index contributed by atoms with van der Waals surface area (Å²) >= 11 is 30.0. The second kappa shape index (κ2) is 5.32. The molecule has 0 bridgehead atoms. The highest BCUT2D eigenvalue weighted by molar-refractivity contribution is 6.56. The van der Waals surface area contributed by atoms with Crippen molar-refractivity contribution in [3.8, 4) is 17.0 Å². The summed E-state index contributed by atoms with van der Waals surface area (Å²) in [6.07, 6.45) is 1.26. The van der Waals surface area contributed by atoms with Crippen LogP contribution in [0.2, 0.25) is 25.1 Å². The van der Waals surface area contributed by atoms with Gasteiger partial charge in [-0.2, -0.15) is 0 Å². The van der Waals surface area contributed by atoms with Crippen LogP contribution < -0.4 is 0 Å². The average Bonchev–Trinajstić information content (AvgIpc) is 2.36. The molecule has 0 saturated heterocycles. The van der Waals surface area contributed by atoms with Crippen LogP contribution in [-0.4, -0.2) is 10.1 Å². The van der Waals surface area contributed by atoms with Gasteiger partial charge in [0.25, 0.3) is 0 Å². The molecule has 0 aliphatic heterocycles. The largest absolute Gasteiger partial charge is 0.506 e. The summed E-state index contributed by atoms with van der Waals surface area (Å²) in [6, 6.07) is 2.99. The summed E-state index contributed by atoms with van der Waals surface area (Å²) in [6.45, 7) is 0. The van der Waals surface area contributed by atoms with Gasteiger partial charge >= 0.3 is 0 Å². The molecule has 94 valence electrons. The molecular formula is C11H4Cl5NO. The maximum atomic E-state index is 9.19. The highest BCUT2D eigenvalue weighted by Crippen LogP contribution is 2.47. The van der Waals surface area contributed by atoms with Gasteiger partial charge in [-0.3, -0.25) is 4.98 Å². The van der Waals surface area contributed by atoms with Crippen molar-refractivity contribution in [2.45, 2.75) is 0 Å². The van der Waals surface area contributed by atoms with Gasteiger partial charge in [-0.05, 0) is 12.1 Å². The Hall–Kier alpha value is -0.380. The monoisotopic (exact) mass is 341 g/mol. The van der Waals surface area contributed by atoms with Gasteiger partial charge in [0.2, 0.25) is 0 Å². The predicted octanol–water partition coefficient (Wildman–Crippen LogP) is 5.72. The first kappa shape index (κ1) is 14.0. The lowest BCUT2D eigenvalue weighted by Gasteiger charge is -2.11. The number of nitrogens with zero attached hydrogens (tertiary/aromatic N) is 1. The third kappa shape index (κ3) is 2.36. The van der Waals surface area contributed by atoms with Crippen molar-refractivity contribution in [3.05, 3.63) is 43.4 Å². The van der Waals surface area contributed by atoms with Crippen LogP contribution >= 0.6 is 58.0 Å². The second-order valence-electron chi connectivity index (χ2n) is 3.35. The summed E-state index contributed by atoms with van der Waals surface area (Å²) in [5, 5.41) is 9.83. The van der Waals surface area contributed by atoms with Crippen molar-refractivity contribution >= 4 is 58.0 Å². The highest BCUT2D eigenvalue weighted by atomic mass is 35.5. The van der Waals surface area contributed by atoms with E-state index in [1.165, 1.54) is 12.3 Å². The lowest BCUT2D eigenvalue weighted by molar-refractivity contribution is 0.473. The lowest BCUT2D eigenvalue weighted by Crippen LogP contribution is -1.89. The van der Waals surface area contributed by atoms with Crippen molar-refractivity contribution in [1.82, 2.24) is 4.98 Å². The molecule has 2 nitrogen and oxygen atoms in total. The van der Waals surface area contributed by atoms with E-state index in [0.29, 0.717) is 11.3 Å². The summed E-state index contributed by atoms with van der Waals surface area (Å²) in [4.78, 5) is 4.00. The Morgan fingerprint density at radius 1 is 0.778 bits per heavy atom. The van der Waals surface area contributed by atoms with Crippen LogP contribution in [0.3, 0.4) is 0 Å². The Morgan fingerprint density at radius 2 is 1.28 bits per heavy atom. The van der Waals surface area contributed by atoms with Crippen molar-refractivity contribution in [1.29, 1.82) is 0 Å². The second-order valence-corrected chi connectivity index (χ2v) is 5.24. The number of hydrogen-bond acceptors (Lipinski definition) is 2. The number of aromatic nitrogens is 1. The molecule has 0 atom stereocenters. The molecule has 2 aromatic rings. The average molecular weight is 343 g/mol. The highest BCUT2D eigenvalue weighted by Gasteiger charge is 2.21. The van der Waals surface area contributed by atoms with E-state index in [-0.39, 0.29) is 30.9 Å². The molecule has 0 amide bonds. The summed E-state index contributed by atoms with van der Waals surface area (Å²) in [5.41, 5.74) is 0.806. The smallest absolute Gasteiger partial charge is 0.133 e. The molecule has 0 aliphatic carbocycles. The van der Waals surface area contributed by atoms with Gasteiger partial charge < -0.3 is 5.11 Å². The number of hydrogen-bond donors (Lipinski definition) is 1. The Balaban J connectivity index is 2.75. The minimum atomic E-state index is 0.0251. The normalized spacial score (nSPS) is 10.7. The Labute approximate surface area is 128 Å². The number of benzene rings is 1. The van der Waals surface area contributed by atoms with E-state index >= 15 is 0 Å². The fraction of sp³-hybridized carbons (Fsp3) is 0. The van der Waals surface area contributed by atoms with Crippen LogP contribution in [0.5, 0.6) is 5.75 Å². The van der Waals surface area contributed by atoms with E-state index < -0.39 is 0 Å². The molecule has 7 heteroatoms. The third-order valence-corrected chi connectivity index (χ3v) is 4.49. The zero-order valence-electron chi connectivity index (χ0n) is 8.52. The van der Waals surface area contributed by atoms with E-state index in [4.69, 9.17) is 58.0 Å². The van der Waals surface area contributed by atoms with Gasteiger partial charge in [0.1, 0.15) is 5.75 Å². The molecular weight excluding hydrogens is 339 g/mol. The molecule has 18 heavy (non-hydrogen) atoms. The minimum absolute atomic E-state index is 0.0251. The lowest BCUT2D eigenvalue weighted by atomic mass is 10.1. The van der Waals surface area contributed by atoms with Gasteiger partial charge in [0.15, 0.2) is 0 Å². The first-order valence-electron chi connectivity index (χ1n) is 4.60. The molecule has 0 spiro atoms. The van der Waals surface area contributed by atoms with Crippen molar-refractivity contribution in [2.24, 2.45) is 0 Å². The van der Waals surface area contributed by atoms with Gasteiger partial charge in [0, 0.05) is 5.56 Å². The standard InChI is InChI=1S/C11H4Cl5NO/c12-7-6(5-2-1-4(18)3-17-5)8(13)10(15)11(16)9(7)14/h1-3,18H. The van der Waals surface area contributed by atoms with E-state index in [1.807, 2.05) is 0 Å². The quantitative estimate of drug-likeness (QED) is 0.530. The molecule has 0 unspecified atom stereocenters. The van der Waals surface area contributed by atoms with E-state index in [2.05, 4.69) is 4.98 Å². The van der Waals surface area contributed by atoms with Gasteiger partial charge in [0.05, 0.1) is 37.0 Å². The molecule has 0 saturated carbocycles. The van der Waals surface area contributed by atoms with E-state index in [0.717, 1.165) is 0 Å². The molecule has 2 rings (SSSR count). The van der Waals surface area contributed by atoms with Crippen LogP contribution in [0.4, 0.5) is 0 Å². The first-order chi connectivity index (χ1) is 8.43. The first-order valence-corrected chi connectivity index (χ1v) is 6.49. The van der Waals surface area contributed by atoms with Crippen LogP contribution in [0.1, 0.15) is 0 Å². The molecule has 0 radical (unpaired) electrons. The number of aromatic hydroxyl groups is 1. The maximum absolute atomic E-state index is 9.19. The van der Waals surface area contributed by atoms with E-state index in [1.54, 1.807) is 6.07 Å². The third-order valence-electron chi connectivity index (χ3n) is 2.21. The number of rotatable bonds is 1. The summed E-state index contributed by atoms with van der Waals surface area (Å²) in [7, 11) is 0. The molecule has 1 aromatic heterocycles. The predicted molar refractivity (Wildman–Crippen MR) is 76.4 cm³/mol. The maximum Gasteiger partial charge on any atom is 0.133 e.